The van der Waals surface area contributed by atoms with E-state index in [4.69, 9.17) is 0 Å². The van der Waals surface area contributed by atoms with Gasteiger partial charge in [0.15, 0.2) is 5.65 Å². The average molecular weight is 438 g/mol. The zero-order valence-corrected chi connectivity index (χ0v) is 18.4. The highest BCUT2D eigenvalue weighted by atomic mass is 16.2. The van der Waals surface area contributed by atoms with Crippen LogP contribution in [-0.4, -0.2) is 33.4 Å². The molecule has 3 heterocycles. The van der Waals surface area contributed by atoms with Gasteiger partial charge in [0.25, 0.3) is 5.91 Å². The molecule has 3 aromatic heterocycles. The van der Waals surface area contributed by atoms with Crippen molar-refractivity contribution in [2.75, 3.05) is 17.7 Å². The van der Waals surface area contributed by atoms with Crippen LogP contribution in [0.15, 0.2) is 61.1 Å². The van der Waals surface area contributed by atoms with E-state index in [0.717, 1.165) is 16.7 Å². The summed E-state index contributed by atoms with van der Waals surface area (Å²) in [6, 6.07) is 12.3. The lowest BCUT2D eigenvalue weighted by molar-refractivity contribution is 0.102. The molecule has 0 saturated heterocycles. The van der Waals surface area contributed by atoms with E-state index in [2.05, 4.69) is 37.8 Å². The van der Waals surface area contributed by atoms with Crippen LogP contribution in [0.25, 0.3) is 5.65 Å². The molecule has 4 aromatic rings. The fraction of sp³-hybridized carbons (Fsp3) is 0.120. The summed E-state index contributed by atoms with van der Waals surface area (Å²) in [5.74, 6) is 6.51. The molecule has 0 unspecified atom stereocenters. The number of nitrogens with one attached hydrogen (secondary N) is 3. The van der Waals surface area contributed by atoms with Crippen molar-refractivity contribution in [3.8, 4) is 11.8 Å². The minimum atomic E-state index is -0.328. The maximum Gasteiger partial charge on any atom is 0.319 e. The zero-order chi connectivity index (χ0) is 23.4. The number of pyridine rings is 2. The predicted octanol–water partition coefficient (Wildman–Crippen LogP) is 3.75. The molecule has 0 aliphatic rings. The Hall–Kier alpha value is -4.64. The highest BCUT2D eigenvalue weighted by Crippen LogP contribution is 2.17. The second-order valence-electron chi connectivity index (χ2n) is 7.42. The molecule has 3 amide bonds. The number of hydrogen-bond acceptors (Lipinski definition) is 4. The minimum Gasteiger partial charge on any atom is -0.341 e. The number of anilines is 2. The smallest absolute Gasteiger partial charge is 0.319 e. The van der Waals surface area contributed by atoms with Crippen LogP contribution < -0.4 is 16.0 Å². The molecule has 8 nitrogen and oxygen atoms in total. The molecule has 8 heteroatoms. The first-order chi connectivity index (χ1) is 15.9. The zero-order valence-electron chi connectivity index (χ0n) is 18.4. The molecular weight excluding hydrogens is 416 g/mol. The lowest BCUT2D eigenvalue weighted by atomic mass is 10.0. The Balaban J connectivity index is 1.61. The second kappa shape index (κ2) is 9.24. The Kier molecular flexibility index (Phi) is 6.04. The van der Waals surface area contributed by atoms with Crippen LogP contribution in [0.2, 0.25) is 0 Å². The third-order valence-corrected chi connectivity index (χ3v) is 4.99. The van der Waals surface area contributed by atoms with Gasteiger partial charge >= 0.3 is 6.03 Å². The molecular formula is C25H22N6O2. The summed E-state index contributed by atoms with van der Waals surface area (Å²) in [6.07, 6.45) is 5.13. The van der Waals surface area contributed by atoms with Crippen LogP contribution in [0.3, 0.4) is 0 Å². The van der Waals surface area contributed by atoms with E-state index in [1.54, 1.807) is 48.1 Å². The number of benzene rings is 1. The number of carbonyl (C=O) groups is 2. The van der Waals surface area contributed by atoms with Crippen LogP contribution >= 0.6 is 0 Å². The van der Waals surface area contributed by atoms with E-state index in [1.807, 2.05) is 38.2 Å². The maximum absolute atomic E-state index is 12.7. The van der Waals surface area contributed by atoms with E-state index in [1.165, 1.54) is 0 Å². The van der Waals surface area contributed by atoms with Gasteiger partial charge in [-0.15, -0.1) is 0 Å². The van der Waals surface area contributed by atoms with Crippen LogP contribution in [0, 0.1) is 25.7 Å². The molecule has 33 heavy (non-hydrogen) atoms. The molecule has 0 aliphatic heterocycles. The van der Waals surface area contributed by atoms with Crippen molar-refractivity contribution in [2.24, 2.45) is 0 Å². The van der Waals surface area contributed by atoms with Gasteiger partial charge in [0, 0.05) is 30.6 Å². The lowest BCUT2D eigenvalue weighted by Crippen LogP contribution is -2.24. The van der Waals surface area contributed by atoms with Crippen LogP contribution in [0.1, 0.15) is 32.7 Å². The average Bonchev–Trinajstić information content (AvgIpc) is 3.22. The molecule has 1 aromatic carbocycles. The molecule has 0 bridgehead atoms. The molecule has 0 saturated carbocycles. The monoisotopic (exact) mass is 438 g/mol. The number of nitrogens with zero attached hydrogens (tertiary/aromatic N) is 3. The van der Waals surface area contributed by atoms with Gasteiger partial charge in [0.2, 0.25) is 0 Å². The Labute approximate surface area is 191 Å². The summed E-state index contributed by atoms with van der Waals surface area (Å²) < 4.78 is 1.80. The van der Waals surface area contributed by atoms with Crippen LogP contribution in [0.5, 0.6) is 0 Å². The maximum atomic E-state index is 12.7. The molecule has 0 aliphatic carbocycles. The first-order valence-electron chi connectivity index (χ1n) is 10.3. The first-order valence-corrected chi connectivity index (χ1v) is 10.3. The fourth-order valence-electron chi connectivity index (χ4n) is 3.21. The van der Waals surface area contributed by atoms with Crippen LogP contribution in [0.4, 0.5) is 16.3 Å². The van der Waals surface area contributed by atoms with Gasteiger partial charge in [-0.1, -0.05) is 12.0 Å². The van der Waals surface area contributed by atoms with E-state index in [9.17, 15) is 9.59 Å². The second-order valence-corrected chi connectivity index (χ2v) is 7.42. The lowest BCUT2D eigenvalue weighted by Gasteiger charge is -2.07. The Morgan fingerprint density at radius 1 is 1.00 bits per heavy atom. The standard InChI is InChI=1S/C25H22N6O2/c1-16-10-11-27-22(13-16)30-24(32)19-7-6-17(2)18(14-19)8-9-20-15-28-23-21(29-25(33)26-3)5-4-12-31(20)23/h4-7,10-15H,1-3H3,(H2,26,29,33)(H,27,30,32). The summed E-state index contributed by atoms with van der Waals surface area (Å²) in [7, 11) is 1.55. The molecule has 0 atom stereocenters. The normalized spacial score (nSPS) is 10.3. The van der Waals surface area contributed by atoms with Crippen molar-refractivity contribution in [2.45, 2.75) is 13.8 Å². The molecule has 4 rings (SSSR count). The van der Waals surface area contributed by atoms with Crippen molar-refractivity contribution in [3.63, 3.8) is 0 Å². The van der Waals surface area contributed by atoms with E-state index in [-0.39, 0.29) is 11.9 Å². The van der Waals surface area contributed by atoms with Crippen molar-refractivity contribution < 1.29 is 9.59 Å². The third kappa shape index (κ3) is 4.83. The number of urea groups is 1. The third-order valence-electron chi connectivity index (χ3n) is 4.99. The van der Waals surface area contributed by atoms with Crippen molar-refractivity contribution in [1.29, 1.82) is 0 Å². The van der Waals surface area contributed by atoms with Gasteiger partial charge in [0.1, 0.15) is 11.5 Å². The number of amides is 3. The number of fused-ring (bicyclic) bond motifs is 1. The Morgan fingerprint density at radius 3 is 2.64 bits per heavy atom. The minimum absolute atomic E-state index is 0.254. The molecule has 0 radical (unpaired) electrons. The quantitative estimate of drug-likeness (QED) is 0.424. The van der Waals surface area contributed by atoms with E-state index in [0.29, 0.717) is 28.4 Å². The predicted molar refractivity (Wildman–Crippen MR) is 127 cm³/mol. The van der Waals surface area contributed by atoms with E-state index < -0.39 is 0 Å². The highest BCUT2D eigenvalue weighted by molar-refractivity contribution is 6.04. The van der Waals surface area contributed by atoms with Gasteiger partial charge in [-0.25, -0.2) is 14.8 Å². The van der Waals surface area contributed by atoms with E-state index >= 15 is 0 Å². The SMILES string of the molecule is CNC(=O)Nc1cccn2c(C#Cc3cc(C(=O)Nc4cc(C)ccn4)ccc3C)cnc12. The number of rotatable bonds is 3. The van der Waals surface area contributed by atoms with Crippen molar-refractivity contribution in [1.82, 2.24) is 19.7 Å². The molecule has 164 valence electrons. The van der Waals surface area contributed by atoms with Gasteiger partial charge in [-0.3, -0.25) is 9.20 Å². The largest absolute Gasteiger partial charge is 0.341 e. The summed E-state index contributed by atoms with van der Waals surface area (Å²) in [5.41, 5.74) is 4.99. The van der Waals surface area contributed by atoms with Crippen LogP contribution in [-0.2, 0) is 0 Å². The summed E-state index contributed by atoms with van der Waals surface area (Å²) >= 11 is 0. The number of imidazole rings is 1. The summed E-state index contributed by atoms with van der Waals surface area (Å²) in [5, 5.41) is 8.08. The molecule has 3 N–H and O–H groups in total. The first kappa shape index (κ1) is 21.6. The molecule has 0 spiro atoms. The van der Waals surface area contributed by atoms with Gasteiger partial charge < -0.3 is 16.0 Å². The number of hydrogen-bond donors (Lipinski definition) is 3. The highest BCUT2D eigenvalue weighted by Gasteiger charge is 2.10. The Morgan fingerprint density at radius 2 is 1.85 bits per heavy atom. The number of aromatic nitrogens is 3. The van der Waals surface area contributed by atoms with Crippen molar-refractivity contribution >= 4 is 29.1 Å². The number of carbonyl (C=O) groups excluding carboxylic acids is 2. The Bertz CT molecular complexity index is 1430. The summed E-state index contributed by atoms with van der Waals surface area (Å²) in [4.78, 5) is 32.9. The fourth-order valence-corrected chi connectivity index (χ4v) is 3.21. The summed E-state index contributed by atoms with van der Waals surface area (Å²) in [6.45, 7) is 3.88. The topological polar surface area (TPSA) is 100 Å². The molecule has 0 fully saturated rings. The van der Waals surface area contributed by atoms with Crippen molar-refractivity contribution in [3.05, 3.63) is 89.0 Å². The van der Waals surface area contributed by atoms with Gasteiger partial charge in [0.05, 0.1) is 11.9 Å². The van der Waals surface area contributed by atoms with Gasteiger partial charge in [-0.05, 0) is 67.3 Å². The van der Waals surface area contributed by atoms with Gasteiger partial charge in [-0.2, -0.15) is 0 Å². The number of aryl methyl sites for hydroxylation is 2.